The number of anilines is 2. The summed E-state index contributed by atoms with van der Waals surface area (Å²) in [5.74, 6) is 0.0336. The first-order valence-corrected chi connectivity index (χ1v) is 7.63. The highest BCUT2D eigenvalue weighted by molar-refractivity contribution is 7.18. The second-order valence-electron chi connectivity index (χ2n) is 3.65. The zero-order valence-electron chi connectivity index (χ0n) is 10.2. The van der Waals surface area contributed by atoms with Gasteiger partial charge in [-0.15, -0.1) is 11.3 Å². The van der Waals surface area contributed by atoms with Gasteiger partial charge in [0.1, 0.15) is 10.7 Å². The van der Waals surface area contributed by atoms with Gasteiger partial charge < -0.3 is 16.4 Å². The Bertz CT molecular complexity index is 581. The third-order valence-electron chi connectivity index (χ3n) is 2.24. The van der Waals surface area contributed by atoms with Crippen molar-refractivity contribution in [1.82, 2.24) is 10.3 Å². The van der Waals surface area contributed by atoms with E-state index < -0.39 is 0 Å². The number of halogens is 1. The lowest BCUT2D eigenvalue weighted by molar-refractivity contribution is 0.0956. The summed E-state index contributed by atoms with van der Waals surface area (Å²) >= 11 is 8.51. The Kier molecular flexibility index (Phi) is 4.62. The van der Waals surface area contributed by atoms with Crippen LogP contribution in [-0.2, 0) is 6.54 Å². The number of hydrogen-bond acceptors (Lipinski definition) is 6. The standard InChI is InChI=1S/C11H13ClN4OS2/c1-2-14-11-16-9(13)8(19-11)10(17)15-5-6-3-4-7(12)18-6/h3-4H,2,5,13H2,1H3,(H,14,16)(H,15,17). The normalized spacial score (nSPS) is 10.4. The molecular weight excluding hydrogens is 304 g/mol. The highest BCUT2D eigenvalue weighted by atomic mass is 35.5. The van der Waals surface area contributed by atoms with Crippen LogP contribution in [0.2, 0.25) is 4.34 Å². The Morgan fingerprint density at radius 3 is 2.89 bits per heavy atom. The molecule has 0 unspecified atom stereocenters. The van der Waals surface area contributed by atoms with E-state index in [0.717, 1.165) is 11.4 Å². The summed E-state index contributed by atoms with van der Waals surface area (Å²) in [5.41, 5.74) is 5.73. The number of hydrogen-bond donors (Lipinski definition) is 3. The van der Waals surface area contributed by atoms with E-state index in [1.807, 2.05) is 13.0 Å². The second kappa shape index (κ2) is 6.23. The molecule has 0 atom stereocenters. The monoisotopic (exact) mass is 316 g/mol. The van der Waals surface area contributed by atoms with Gasteiger partial charge in [0, 0.05) is 11.4 Å². The molecule has 5 nitrogen and oxygen atoms in total. The fourth-order valence-electron chi connectivity index (χ4n) is 1.42. The largest absolute Gasteiger partial charge is 0.382 e. The van der Waals surface area contributed by atoms with Crippen LogP contribution in [-0.4, -0.2) is 17.4 Å². The molecule has 0 spiro atoms. The molecule has 0 radical (unpaired) electrons. The van der Waals surface area contributed by atoms with E-state index in [1.54, 1.807) is 6.07 Å². The molecule has 4 N–H and O–H groups in total. The number of nitrogens with one attached hydrogen (secondary N) is 2. The summed E-state index contributed by atoms with van der Waals surface area (Å²) in [6.45, 7) is 3.13. The van der Waals surface area contributed by atoms with E-state index in [-0.39, 0.29) is 11.7 Å². The molecule has 0 fully saturated rings. The van der Waals surface area contributed by atoms with Crippen molar-refractivity contribution in [2.24, 2.45) is 0 Å². The van der Waals surface area contributed by atoms with Gasteiger partial charge in [-0.2, -0.15) is 0 Å². The number of carbonyl (C=O) groups is 1. The summed E-state index contributed by atoms with van der Waals surface area (Å²) < 4.78 is 0.705. The lowest BCUT2D eigenvalue weighted by Crippen LogP contribution is -2.22. The molecule has 102 valence electrons. The molecular formula is C11H13ClN4OS2. The van der Waals surface area contributed by atoms with Crippen molar-refractivity contribution in [1.29, 1.82) is 0 Å². The molecule has 8 heteroatoms. The smallest absolute Gasteiger partial charge is 0.265 e. The number of rotatable bonds is 5. The SMILES string of the molecule is CCNc1nc(N)c(C(=O)NCc2ccc(Cl)s2)s1. The van der Waals surface area contributed by atoms with E-state index in [1.165, 1.54) is 22.7 Å². The first-order valence-electron chi connectivity index (χ1n) is 5.62. The zero-order chi connectivity index (χ0) is 13.8. The molecule has 0 saturated carbocycles. The lowest BCUT2D eigenvalue weighted by atomic mass is 10.4. The van der Waals surface area contributed by atoms with Crippen LogP contribution in [0.3, 0.4) is 0 Å². The molecule has 2 aromatic rings. The minimum Gasteiger partial charge on any atom is -0.382 e. The van der Waals surface area contributed by atoms with Crippen LogP contribution in [0.1, 0.15) is 21.5 Å². The molecule has 2 heterocycles. The maximum Gasteiger partial charge on any atom is 0.265 e. The van der Waals surface area contributed by atoms with E-state index in [4.69, 9.17) is 17.3 Å². The predicted octanol–water partition coefficient (Wildman–Crippen LogP) is 2.80. The third-order valence-corrected chi connectivity index (χ3v) is 4.50. The fourth-order valence-corrected chi connectivity index (χ4v) is 3.31. The fraction of sp³-hybridized carbons (Fsp3) is 0.273. The van der Waals surface area contributed by atoms with Gasteiger partial charge in [0.25, 0.3) is 5.91 Å². The van der Waals surface area contributed by atoms with Crippen LogP contribution < -0.4 is 16.4 Å². The number of carbonyl (C=O) groups excluding carboxylic acids is 1. The predicted molar refractivity (Wildman–Crippen MR) is 81.2 cm³/mol. The van der Waals surface area contributed by atoms with E-state index >= 15 is 0 Å². The Hall–Kier alpha value is -1.31. The Morgan fingerprint density at radius 1 is 1.47 bits per heavy atom. The van der Waals surface area contributed by atoms with Crippen molar-refractivity contribution in [3.63, 3.8) is 0 Å². The number of nitrogens with zero attached hydrogens (tertiary/aromatic N) is 1. The van der Waals surface area contributed by atoms with Gasteiger partial charge in [-0.05, 0) is 19.1 Å². The van der Waals surface area contributed by atoms with Gasteiger partial charge in [-0.3, -0.25) is 4.79 Å². The molecule has 0 aromatic carbocycles. The number of nitrogens with two attached hydrogens (primary N) is 1. The summed E-state index contributed by atoms with van der Waals surface area (Å²) in [7, 11) is 0. The Morgan fingerprint density at radius 2 is 2.26 bits per heavy atom. The summed E-state index contributed by atoms with van der Waals surface area (Å²) in [4.78, 5) is 17.5. The summed E-state index contributed by atoms with van der Waals surface area (Å²) in [6.07, 6.45) is 0. The number of nitrogen functional groups attached to an aromatic ring is 1. The molecule has 1 amide bonds. The number of thiazole rings is 1. The van der Waals surface area contributed by atoms with Gasteiger partial charge in [-0.1, -0.05) is 22.9 Å². The van der Waals surface area contributed by atoms with Crippen molar-refractivity contribution >= 4 is 51.1 Å². The molecule has 0 aliphatic carbocycles. The number of aromatic nitrogens is 1. The highest BCUT2D eigenvalue weighted by Crippen LogP contribution is 2.25. The maximum atomic E-state index is 12.0. The molecule has 0 saturated heterocycles. The van der Waals surface area contributed by atoms with Crippen molar-refractivity contribution in [2.75, 3.05) is 17.6 Å². The van der Waals surface area contributed by atoms with Gasteiger partial charge in [-0.25, -0.2) is 4.98 Å². The first kappa shape index (κ1) is 14.1. The lowest BCUT2D eigenvalue weighted by Gasteiger charge is -2.01. The first-order chi connectivity index (χ1) is 9.10. The quantitative estimate of drug-likeness (QED) is 0.792. The average Bonchev–Trinajstić information content (AvgIpc) is 2.93. The number of thiophene rings is 1. The summed E-state index contributed by atoms with van der Waals surface area (Å²) in [6, 6.07) is 3.69. The van der Waals surface area contributed by atoms with E-state index in [9.17, 15) is 4.79 Å². The van der Waals surface area contributed by atoms with Crippen LogP contribution in [0, 0.1) is 0 Å². The maximum absolute atomic E-state index is 12.0. The van der Waals surface area contributed by atoms with E-state index in [2.05, 4.69) is 15.6 Å². The summed E-state index contributed by atoms with van der Waals surface area (Å²) in [5, 5.41) is 6.49. The molecule has 0 aliphatic heterocycles. The van der Waals surface area contributed by atoms with Crippen molar-refractivity contribution in [3.8, 4) is 0 Å². The Balaban J connectivity index is 1.99. The minimum atomic E-state index is -0.219. The molecule has 0 aliphatic rings. The van der Waals surface area contributed by atoms with Gasteiger partial charge in [0.05, 0.1) is 10.9 Å². The molecule has 0 bridgehead atoms. The van der Waals surface area contributed by atoms with Crippen LogP contribution in [0.5, 0.6) is 0 Å². The molecule has 19 heavy (non-hydrogen) atoms. The average molecular weight is 317 g/mol. The zero-order valence-corrected chi connectivity index (χ0v) is 12.6. The van der Waals surface area contributed by atoms with Crippen molar-refractivity contribution in [3.05, 3.63) is 26.2 Å². The van der Waals surface area contributed by atoms with Crippen LogP contribution in [0.15, 0.2) is 12.1 Å². The van der Waals surface area contributed by atoms with Crippen LogP contribution in [0.4, 0.5) is 10.9 Å². The van der Waals surface area contributed by atoms with Crippen LogP contribution in [0.25, 0.3) is 0 Å². The van der Waals surface area contributed by atoms with E-state index in [0.29, 0.717) is 20.9 Å². The number of amides is 1. The highest BCUT2D eigenvalue weighted by Gasteiger charge is 2.15. The van der Waals surface area contributed by atoms with Gasteiger partial charge >= 0.3 is 0 Å². The minimum absolute atomic E-state index is 0.219. The van der Waals surface area contributed by atoms with Gasteiger partial charge in [0.2, 0.25) is 0 Å². The Labute approximate surface area is 123 Å². The second-order valence-corrected chi connectivity index (χ2v) is 6.45. The third kappa shape index (κ3) is 3.59. The van der Waals surface area contributed by atoms with Crippen LogP contribution >= 0.6 is 34.3 Å². The molecule has 2 aromatic heterocycles. The van der Waals surface area contributed by atoms with Crippen molar-refractivity contribution in [2.45, 2.75) is 13.5 Å². The van der Waals surface area contributed by atoms with Gasteiger partial charge in [0.15, 0.2) is 5.13 Å². The molecule has 2 rings (SSSR count). The topological polar surface area (TPSA) is 80.0 Å². The van der Waals surface area contributed by atoms with Crippen molar-refractivity contribution < 1.29 is 4.79 Å².